The summed E-state index contributed by atoms with van der Waals surface area (Å²) >= 11 is 0. The van der Waals surface area contributed by atoms with Crippen molar-refractivity contribution in [2.24, 2.45) is 0 Å². The summed E-state index contributed by atoms with van der Waals surface area (Å²) in [6, 6.07) is 10.4. The van der Waals surface area contributed by atoms with Crippen LogP contribution in [0.5, 0.6) is 0 Å². The zero-order valence-electron chi connectivity index (χ0n) is 26.3. The van der Waals surface area contributed by atoms with Crippen LogP contribution in [-0.2, 0) is 31.8 Å². The second-order valence-corrected chi connectivity index (χ2v) is 11.2. The lowest BCUT2D eigenvalue weighted by Gasteiger charge is -2.37. The number of alkyl halides is 3. The molecular weight excluding hydrogens is 623 g/mol. The monoisotopic (exact) mass is 657 g/mol. The third kappa shape index (κ3) is 8.05. The quantitative estimate of drug-likeness (QED) is 0.199. The highest BCUT2D eigenvalue weighted by Crippen LogP contribution is 2.43. The summed E-state index contributed by atoms with van der Waals surface area (Å²) in [6.07, 6.45) is -3.71. The van der Waals surface area contributed by atoms with Crippen molar-refractivity contribution in [1.82, 2.24) is 20.1 Å². The third-order valence-corrected chi connectivity index (χ3v) is 7.59. The molecule has 0 saturated carbocycles. The van der Waals surface area contributed by atoms with Gasteiger partial charge < -0.3 is 24.4 Å². The number of amides is 1. The number of carboxylic acid groups (broad SMARTS) is 1. The Bertz CT molecular complexity index is 1770. The first kappa shape index (κ1) is 36.0. The number of allylic oxidation sites excluding steroid dienone is 1. The number of aromatic nitrogens is 3. The van der Waals surface area contributed by atoms with Gasteiger partial charge in [-0.3, -0.25) is 9.69 Å². The summed E-state index contributed by atoms with van der Waals surface area (Å²) in [7, 11) is 6.66. The summed E-state index contributed by atoms with van der Waals surface area (Å²) < 4.78 is 47.6. The van der Waals surface area contributed by atoms with E-state index in [-0.39, 0.29) is 28.8 Å². The fraction of sp³-hybridized carbons (Fsp3) is 0.355. The molecule has 2 N–H and O–H groups in total. The number of carbonyl (C=O) groups is 3. The number of carbonyl (C=O) groups excluding carboxylic acids is 3. The maximum absolute atomic E-state index is 13.6. The minimum atomic E-state index is -4.63. The molecule has 1 aliphatic rings. The number of H-pyrrole nitrogens is 1. The Labute approximate surface area is 268 Å². The summed E-state index contributed by atoms with van der Waals surface area (Å²) in [5.74, 6) is -0.906. The zero-order valence-corrected chi connectivity index (χ0v) is 26.3. The van der Waals surface area contributed by atoms with E-state index >= 15 is 0 Å². The van der Waals surface area contributed by atoms with Crippen LogP contribution in [0.25, 0.3) is 0 Å². The van der Waals surface area contributed by atoms with E-state index in [0.29, 0.717) is 47.1 Å². The highest BCUT2D eigenvalue weighted by atomic mass is 19.4. The summed E-state index contributed by atoms with van der Waals surface area (Å²) in [5.41, 5.74) is 0.154. The van der Waals surface area contributed by atoms with Gasteiger partial charge in [-0.1, -0.05) is 12.1 Å². The van der Waals surface area contributed by atoms with Crippen molar-refractivity contribution < 1.29 is 41.9 Å². The number of hydrogen-bond donors (Lipinski definition) is 2. The molecule has 4 rings (SSSR count). The third-order valence-electron chi connectivity index (χ3n) is 7.59. The number of nitrogens with one attached hydrogen (secondary N) is 2. The van der Waals surface area contributed by atoms with E-state index < -0.39 is 35.9 Å². The van der Waals surface area contributed by atoms with Crippen molar-refractivity contribution in [2.45, 2.75) is 38.5 Å². The number of ether oxygens (including phenoxy) is 1. The second-order valence-electron chi connectivity index (χ2n) is 11.2. The lowest BCUT2D eigenvalue weighted by atomic mass is 9.89. The van der Waals surface area contributed by atoms with Crippen LogP contribution in [0, 0.1) is 11.3 Å². The van der Waals surface area contributed by atoms with Gasteiger partial charge in [-0.15, -0.1) is 5.10 Å². The van der Waals surface area contributed by atoms with Crippen molar-refractivity contribution in [1.29, 1.82) is 5.26 Å². The number of esters is 1. The Kier molecular flexibility index (Phi) is 11.3. The van der Waals surface area contributed by atoms with E-state index in [0.717, 1.165) is 12.1 Å². The lowest BCUT2D eigenvalue weighted by Crippen LogP contribution is -2.41. The van der Waals surface area contributed by atoms with Crippen LogP contribution < -0.4 is 21.0 Å². The normalized spacial score (nSPS) is 14.4. The van der Waals surface area contributed by atoms with Crippen molar-refractivity contribution >= 4 is 30.0 Å². The van der Waals surface area contributed by atoms with Crippen LogP contribution >= 0.6 is 0 Å². The molecule has 2 aromatic carbocycles. The number of quaternary nitrogens is 1. The van der Waals surface area contributed by atoms with Crippen molar-refractivity contribution in [3.63, 3.8) is 0 Å². The summed E-state index contributed by atoms with van der Waals surface area (Å²) in [4.78, 5) is 48.1. The van der Waals surface area contributed by atoms with Gasteiger partial charge in [0.2, 0.25) is 11.9 Å². The van der Waals surface area contributed by atoms with Crippen LogP contribution in [0.4, 0.5) is 24.8 Å². The van der Waals surface area contributed by atoms with E-state index in [2.05, 4.69) is 21.6 Å². The van der Waals surface area contributed by atoms with Gasteiger partial charge in [-0.25, -0.2) is 19.3 Å². The molecule has 1 atom stereocenters. The Morgan fingerprint density at radius 3 is 2.51 bits per heavy atom. The molecular formula is C31H34F3N7O6. The average molecular weight is 658 g/mol. The zero-order chi connectivity index (χ0) is 35.1. The van der Waals surface area contributed by atoms with Crippen molar-refractivity contribution in [3.05, 3.63) is 86.5 Å². The molecule has 47 heavy (non-hydrogen) atoms. The van der Waals surface area contributed by atoms with Gasteiger partial charge in [-0.05, 0) is 42.8 Å². The molecule has 1 amide bonds. The molecule has 1 aromatic heterocycles. The fourth-order valence-electron chi connectivity index (χ4n) is 5.49. The Morgan fingerprint density at radius 2 is 1.91 bits per heavy atom. The van der Waals surface area contributed by atoms with E-state index in [1.807, 2.05) is 14.1 Å². The van der Waals surface area contributed by atoms with E-state index in [9.17, 15) is 32.8 Å². The average Bonchev–Trinajstić information content (AvgIpc) is 3.40. The molecule has 1 unspecified atom stereocenters. The maximum atomic E-state index is 13.6. The number of hydrogen-bond acceptors (Lipinski definition) is 9. The smallest absolute Gasteiger partial charge is 0.416 e. The van der Waals surface area contributed by atoms with Gasteiger partial charge in [0.15, 0.2) is 0 Å². The first-order chi connectivity index (χ1) is 22.1. The SMILES string of the molecule is CNC(=O)CCC[N+](C)(C)Cc1cc(C#N)ccc1C1C(C(=O)OC)=C(C)N(c2cccc(C(F)(F)F)c2)c2n[nH]c(=O)n21.O=C[O-]. The van der Waals surface area contributed by atoms with Crippen LogP contribution in [0.3, 0.4) is 0 Å². The molecule has 3 aromatic rings. The summed E-state index contributed by atoms with van der Waals surface area (Å²) in [5, 5.41) is 27.1. The number of halogens is 3. The Hall–Kier alpha value is -5.43. The topological polar surface area (TPSA) is 173 Å². The van der Waals surface area contributed by atoms with Crippen LogP contribution in [0.2, 0.25) is 0 Å². The lowest BCUT2D eigenvalue weighted by molar-refractivity contribution is -0.903. The molecule has 2 heterocycles. The molecule has 1 aliphatic heterocycles. The van der Waals surface area contributed by atoms with Crippen molar-refractivity contribution in [3.8, 4) is 6.07 Å². The van der Waals surface area contributed by atoms with E-state index in [1.54, 1.807) is 32.2 Å². The first-order valence-corrected chi connectivity index (χ1v) is 14.2. The van der Waals surface area contributed by atoms with Gasteiger partial charge in [0.05, 0.1) is 50.5 Å². The Morgan fingerprint density at radius 1 is 1.23 bits per heavy atom. The van der Waals surface area contributed by atoms with E-state index in [4.69, 9.17) is 14.6 Å². The molecule has 0 fully saturated rings. The predicted molar refractivity (Wildman–Crippen MR) is 160 cm³/mol. The number of anilines is 2. The standard InChI is InChI=1S/C30H32F3N7O4.CH2O2/c1-18-25(27(42)44-5)26(23-12-11-19(16-34)14-20(23)17-40(3,4)13-7-10-24(41)35-2)39-28(36-37-29(39)43)38(18)22-9-6-8-21(15-22)30(31,32)33;2-1-3/h6,8-9,11-12,14-15,26H,7,10,13,17H2,1-5H3,(H-,35,37,41,43);1H,(H,2,3). The molecule has 0 saturated heterocycles. The molecule has 16 heteroatoms. The number of methoxy groups -OCH3 is 1. The fourth-order valence-corrected chi connectivity index (χ4v) is 5.49. The van der Waals surface area contributed by atoms with Crippen LogP contribution in [-0.4, -0.2) is 72.4 Å². The van der Waals surface area contributed by atoms with Gasteiger partial charge >= 0.3 is 17.8 Å². The number of nitriles is 1. The van der Waals surface area contributed by atoms with Gasteiger partial charge in [0, 0.05) is 43.3 Å². The minimum absolute atomic E-state index is 0.0109. The van der Waals surface area contributed by atoms with E-state index in [1.165, 1.54) is 28.7 Å². The number of benzene rings is 2. The molecule has 0 aliphatic carbocycles. The van der Waals surface area contributed by atoms with Crippen LogP contribution in [0.1, 0.15) is 48.1 Å². The van der Waals surface area contributed by atoms with Gasteiger partial charge in [0.25, 0.3) is 0 Å². The Balaban J connectivity index is 0.00000192. The largest absolute Gasteiger partial charge is 0.554 e. The first-order valence-electron chi connectivity index (χ1n) is 14.2. The van der Waals surface area contributed by atoms with Crippen molar-refractivity contribution in [2.75, 3.05) is 39.7 Å². The highest BCUT2D eigenvalue weighted by molar-refractivity contribution is 5.93. The molecule has 250 valence electrons. The number of nitrogens with zero attached hydrogens (tertiary/aromatic N) is 5. The van der Waals surface area contributed by atoms with Crippen LogP contribution in [0.15, 0.2) is 58.5 Å². The molecule has 0 bridgehead atoms. The minimum Gasteiger partial charge on any atom is -0.554 e. The predicted octanol–water partition coefficient (Wildman–Crippen LogP) is 2.12. The molecule has 13 nitrogen and oxygen atoms in total. The number of rotatable bonds is 9. The van der Waals surface area contributed by atoms with Gasteiger partial charge in [0.1, 0.15) is 12.6 Å². The number of fused-ring (bicyclic) bond motifs is 1. The maximum Gasteiger partial charge on any atom is 0.416 e. The molecule has 0 radical (unpaired) electrons. The number of aromatic amines is 1. The van der Waals surface area contributed by atoms with Gasteiger partial charge in [-0.2, -0.15) is 18.4 Å². The second kappa shape index (κ2) is 14.8. The molecule has 0 spiro atoms. The highest BCUT2D eigenvalue weighted by Gasteiger charge is 2.41. The summed E-state index contributed by atoms with van der Waals surface area (Å²) in [6.45, 7) is 2.01.